The summed E-state index contributed by atoms with van der Waals surface area (Å²) in [6.45, 7) is 3.85. The van der Waals surface area contributed by atoms with Crippen molar-refractivity contribution in [1.82, 2.24) is 0 Å². The molecule has 0 spiro atoms. The van der Waals surface area contributed by atoms with Crippen molar-refractivity contribution in [2.45, 2.75) is 256 Å². The predicted molar refractivity (Wildman–Crippen MR) is 303 cm³/mol. The quantitative estimate of drug-likeness (QED) is 0.0196. The standard InChI is InChI=1S/C61H104O12S/c1-3-5-7-9-11-13-15-17-19-21-23-25-27-29-31-33-35-37-39-41-43-45-47-49-51-69-53-55(54-70-61-59(65)60(73-74(66,67)68)58(64)56(52-62)72-61)71-57(63)50-48-46-44-42-40-38-36-34-32-30-28-26-24-22-20-18-16-14-12-10-8-6-4-2/h6,8,12,14-15,17-18,20-21,23-24,26-27,29-30,32,55-56,58-62,64-65H,3-5,7,9-11,13,16,19,22,25,28,31,33-54H2,1-2H3,(H,66,67,68)/b8-6-,14-12-,17-15-,20-18-,23-21-,26-24-,29-27-,32-30-. The number of hydrogen-bond acceptors (Lipinski definition) is 11. The second-order valence-corrected chi connectivity index (χ2v) is 20.5. The second kappa shape index (κ2) is 50.8. The number of aliphatic hydroxyl groups is 3. The van der Waals surface area contributed by atoms with Crippen molar-refractivity contribution in [3.05, 3.63) is 97.2 Å². The Kier molecular flexibility index (Phi) is 47.4. The van der Waals surface area contributed by atoms with E-state index >= 15 is 0 Å². The number of ether oxygens (including phenoxy) is 4. The molecule has 426 valence electrons. The van der Waals surface area contributed by atoms with Crippen LogP contribution in [0.3, 0.4) is 0 Å². The monoisotopic (exact) mass is 1060 g/mol. The second-order valence-electron chi connectivity index (χ2n) is 19.5. The minimum Gasteiger partial charge on any atom is -0.457 e. The third-order valence-electron chi connectivity index (χ3n) is 12.7. The molecule has 0 aliphatic carbocycles. The van der Waals surface area contributed by atoms with E-state index in [-0.39, 0.29) is 19.6 Å². The van der Waals surface area contributed by atoms with Gasteiger partial charge in [0.15, 0.2) is 6.29 Å². The smallest absolute Gasteiger partial charge is 0.397 e. The Labute approximate surface area is 450 Å². The van der Waals surface area contributed by atoms with Crippen LogP contribution in [0.4, 0.5) is 0 Å². The average Bonchev–Trinajstić information content (AvgIpc) is 3.38. The van der Waals surface area contributed by atoms with Gasteiger partial charge in [-0.1, -0.05) is 214 Å². The molecule has 0 radical (unpaired) electrons. The fraction of sp³-hybridized carbons (Fsp3) is 0.721. The van der Waals surface area contributed by atoms with Gasteiger partial charge < -0.3 is 34.3 Å². The van der Waals surface area contributed by atoms with Crippen molar-refractivity contribution in [1.29, 1.82) is 0 Å². The minimum absolute atomic E-state index is 0.0218. The Morgan fingerprint density at radius 2 is 0.932 bits per heavy atom. The number of esters is 1. The van der Waals surface area contributed by atoms with Crippen molar-refractivity contribution in [3.63, 3.8) is 0 Å². The first-order chi connectivity index (χ1) is 36.1. The summed E-state index contributed by atoms with van der Waals surface area (Å²) in [5, 5.41) is 30.9. The van der Waals surface area contributed by atoms with Crippen molar-refractivity contribution >= 4 is 16.4 Å². The van der Waals surface area contributed by atoms with Gasteiger partial charge in [0.2, 0.25) is 0 Å². The summed E-state index contributed by atoms with van der Waals surface area (Å²) in [6.07, 6.45) is 61.5. The molecule has 0 bridgehead atoms. The SMILES string of the molecule is CC/C=C\C/C=C\C/C=C\C/C=C\C/C=C\CCCCCCCCCC(=O)OC(COCCCCCCCCCCC/C=C\C/C=C\C/C=C\CCCCCCC)COC1OC(CO)C(O)C(OS(=O)(=O)O)C1O. The third kappa shape index (κ3) is 43.2. The minimum atomic E-state index is -5.08. The van der Waals surface area contributed by atoms with Crippen LogP contribution < -0.4 is 0 Å². The van der Waals surface area contributed by atoms with Gasteiger partial charge in [-0.05, 0) is 96.3 Å². The zero-order valence-electron chi connectivity index (χ0n) is 46.1. The summed E-state index contributed by atoms with van der Waals surface area (Å²) >= 11 is 0. The van der Waals surface area contributed by atoms with E-state index in [1.807, 2.05) is 0 Å². The molecule has 1 aliphatic rings. The molecule has 1 saturated heterocycles. The summed E-state index contributed by atoms with van der Waals surface area (Å²) < 4.78 is 59.4. The van der Waals surface area contributed by atoms with Crippen LogP contribution in [0.2, 0.25) is 0 Å². The number of carbonyl (C=O) groups is 1. The molecule has 1 fully saturated rings. The molecule has 6 atom stereocenters. The van der Waals surface area contributed by atoms with Gasteiger partial charge in [-0.2, -0.15) is 8.42 Å². The maximum absolute atomic E-state index is 13.0. The molecule has 74 heavy (non-hydrogen) atoms. The number of aliphatic hydroxyl groups excluding tert-OH is 3. The lowest BCUT2D eigenvalue weighted by molar-refractivity contribution is -0.301. The molecule has 0 amide bonds. The molecule has 0 aromatic rings. The Balaban J connectivity index is 2.33. The Hall–Kier alpha value is -2.98. The molecule has 4 N–H and O–H groups in total. The zero-order valence-corrected chi connectivity index (χ0v) is 46.9. The molecule has 1 rings (SSSR count). The maximum Gasteiger partial charge on any atom is 0.397 e. The molecule has 13 heteroatoms. The van der Waals surface area contributed by atoms with Crippen molar-refractivity contribution < 1.29 is 56.2 Å². The Bertz CT molecular complexity index is 1650. The van der Waals surface area contributed by atoms with E-state index in [9.17, 15) is 33.1 Å². The van der Waals surface area contributed by atoms with E-state index < -0.39 is 59.8 Å². The lowest BCUT2D eigenvalue weighted by Gasteiger charge is -2.41. The van der Waals surface area contributed by atoms with Gasteiger partial charge in [0.1, 0.15) is 30.5 Å². The predicted octanol–water partition coefficient (Wildman–Crippen LogP) is 14.5. The van der Waals surface area contributed by atoms with Crippen LogP contribution in [0, 0.1) is 0 Å². The van der Waals surface area contributed by atoms with E-state index in [2.05, 4.69) is 115 Å². The van der Waals surface area contributed by atoms with Gasteiger partial charge in [0.25, 0.3) is 0 Å². The lowest BCUT2D eigenvalue weighted by Crippen LogP contribution is -2.60. The number of rotatable bonds is 50. The van der Waals surface area contributed by atoms with E-state index in [0.29, 0.717) is 13.0 Å². The van der Waals surface area contributed by atoms with Crippen LogP contribution in [-0.4, -0.2) is 97.5 Å². The van der Waals surface area contributed by atoms with Gasteiger partial charge in [-0.3, -0.25) is 9.35 Å². The summed E-state index contributed by atoms with van der Waals surface area (Å²) in [5.41, 5.74) is 0. The highest BCUT2D eigenvalue weighted by Crippen LogP contribution is 2.26. The fourth-order valence-electron chi connectivity index (χ4n) is 8.35. The van der Waals surface area contributed by atoms with E-state index in [4.69, 9.17) is 18.9 Å². The molecule has 6 unspecified atom stereocenters. The summed E-state index contributed by atoms with van der Waals surface area (Å²) in [5.74, 6) is -0.414. The molecule has 1 aliphatic heterocycles. The Morgan fingerprint density at radius 3 is 1.36 bits per heavy atom. The maximum atomic E-state index is 13.0. The topological polar surface area (TPSA) is 178 Å². The summed E-state index contributed by atoms with van der Waals surface area (Å²) in [4.78, 5) is 13.0. The van der Waals surface area contributed by atoms with E-state index in [0.717, 1.165) is 109 Å². The van der Waals surface area contributed by atoms with Gasteiger partial charge in [0.05, 0.1) is 19.8 Å². The van der Waals surface area contributed by atoms with E-state index in [1.165, 1.54) is 83.5 Å². The normalized spacial score (nSPS) is 19.5. The average molecular weight is 1060 g/mol. The first-order valence-corrected chi connectivity index (χ1v) is 30.4. The number of carbonyl (C=O) groups excluding carboxylic acids is 1. The first kappa shape index (κ1) is 69.0. The van der Waals surface area contributed by atoms with Gasteiger partial charge in [-0.25, -0.2) is 4.18 Å². The van der Waals surface area contributed by atoms with Crippen LogP contribution >= 0.6 is 0 Å². The van der Waals surface area contributed by atoms with Crippen LogP contribution in [0.1, 0.15) is 219 Å². The molecule has 0 aromatic heterocycles. The third-order valence-corrected chi connectivity index (χ3v) is 13.2. The largest absolute Gasteiger partial charge is 0.457 e. The van der Waals surface area contributed by atoms with Crippen molar-refractivity contribution in [2.75, 3.05) is 26.4 Å². The lowest BCUT2D eigenvalue weighted by atomic mass is 9.99. The molecule has 1 heterocycles. The van der Waals surface area contributed by atoms with Crippen LogP contribution in [-0.2, 0) is 38.3 Å². The molecular formula is C61H104O12S. The van der Waals surface area contributed by atoms with Crippen molar-refractivity contribution in [2.24, 2.45) is 0 Å². The molecule has 12 nitrogen and oxygen atoms in total. The number of hydrogen-bond donors (Lipinski definition) is 4. The van der Waals surface area contributed by atoms with Gasteiger partial charge >= 0.3 is 16.4 Å². The van der Waals surface area contributed by atoms with Gasteiger partial charge in [0, 0.05) is 13.0 Å². The molecule has 0 saturated carbocycles. The summed E-state index contributed by atoms with van der Waals surface area (Å²) in [7, 11) is -5.08. The zero-order chi connectivity index (χ0) is 53.8. The van der Waals surface area contributed by atoms with Crippen molar-refractivity contribution in [3.8, 4) is 0 Å². The fourth-order valence-corrected chi connectivity index (χ4v) is 8.86. The number of unbranched alkanes of at least 4 members (excludes halogenated alkanes) is 21. The van der Waals surface area contributed by atoms with Gasteiger partial charge in [-0.15, -0.1) is 0 Å². The van der Waals surface area contributed by atoms with Crippen LogP contribution in [0.15, 0.2) is 97.2 Å². The molecular weight excluding hydrogens is 957 g/mol. The highest BCUT2D eigenvalue weighted by Gasteiger charge is 2.48. The Morgan fingerprint density at radius 1 is 0.527 bits per heavy atom. The highest BCUT2D eigenvalue weighted by molar-refractivity contribution is 7.80. The highest BCUT2D eigenvalue weighted by atomic mass is 32.3. The van der Waals surface area contributed by atoms with E-state index in [1.54, 1.807) is 0 Å². The van der Waals surface area contributed by atoms with Crippen LogP contribution in [0.25, 0.3) is 0 Å². The molecule has 0 aromatic carbocycles. The van der Waals surface area contributed by atoms with Crippen LogP contribution in [0.5, 0.6) is 0 Å². The first-order valence-electron chi connectivity index (χ1n) is 29.0. The number of allylic oxidation sites excluding steroid dienone is 16. The summed E-state index contributed by atoms with van der Waals surface area (Å²) in [6, 6.07) is 0.